The topological polar surface area (TPSA) is 45.2 Å². The Labute approximate surface area is 123 Å². The Balaban J connectivity index is 2.47. The molecule has 0 spiro atoms. The Kier molecular flexibility index (Phi) is 6.45. The average Bonchev–Trinajstić information content (AvgIpc) is 2.33. The molecule has 1 aromatic heterocycles. The number of aromatic nitrogens is 1. The van der Waals surface area contributed by atoms with Crippen molar-refractivity contribution in [3.05, 3.63) is 28.5 Å². The molecule has 0 unspecified atom stereocenters. The van der Waals surface area contributed by atoms with E-state index in [9.17, 15) is 4.79 Å². The molecule has 5 heteroatoms. The normalized spacial score (nSPS) is 11.4. The highest BCUT2D eigenvalue weighted by Crippen LogP contribution is 2.08. The van der Waals surface area contributed by atoms with Gasteiger partial charge in [-0.2, -0.15) is 0 Å². The lowest BCUT2D eigenvalue weighted by Crippen LogP contribution is -2.42. The molecule has 0 bridgehead atoms. The summed E-state index contributed by atoms with van der Waals surface area (Å²) in [7, 11) is 0. The van der Waals surface area contributed by atoms with E-state index >= 15 is 0 Å². The van der Waals surface area contributed by atoms with Gasteiger partial charge >= 0.3 is 0 Å². The summed E-state index contributed by atoms with van der Waals surface area (Å²) < 4.78 is 0.672. The van der Waals surface area contributed by atoms with Crippen LogP contribution in [0.15, 0.2) is 22.9 Å². The third kappa shape index (κ3) is 5.28. The number of halogens is 1. The molecule has 0 aromatic carbocycles. The number of nitrogens with zero attached hydrogens (tertiary/aromatic N) is 2. The molecule has 0 aliphatic rings. The summed E-state index contributed by atoms with van der Waals surface area (Å²) in [6, 6.07) is 4.39. The number of nitrogens with one attached hydrogen (secondary N) is 1. The minimum Gasteiger partial charge on any atom is -0.351 e. The fourth-order valence-electron chi connectivity index (χ4n) is 2.06. The van der Waals surface area contributed by atoms with E-state index in [2.05, 4.69) is 58.8 Å². The zero-order chi connectivity index (χ0) is 14.4. The van der Waals surface area contributed by atoms with Gasteiger partial charge in [-0.25, -0.2) is 4.98 Å². The van der Waals surface area contributed by atoms with Crippen LogP contribution in [0.2, 0.25) is 0 Å². The van der Waals surface area contributed by atoms with Crippen LogP contribution in [0, 0.1) is 0 Å². The molecule has 0 saturated heterocycles. The van der Waals surface area contributed by atoms with Crippen molar-refractivity contribution < 1.29 is 4.79 Å². The third-order valence-electron chi connectivity index (χ3n) is 2.97. The Bertz CT molecular complexity index is 413. The molecule has 1 aromatic rings. The molecule has 0 saturated carbocycles. The lowest BCUT2D eigenvalue weighted by Gasteiger charge is -2.30. The van der Waals surface area contributed by atoms with Gasteiger partial charge in [-0.15, -0.1) is 0 Å². The number of pyridine rings is 1. The van der Waals surface area contributed by atoms with E-state index in [1.54, 1.807) is 18.3 Å². The SMILES string of the molecule is CC(C)N(CCNC(=O)c1ccnc(Br)c1)C(C)C. The van der Waals surface area contributed by atoms with Gasteiger partial charge in [0, 0.05) is 36.9 Å². The number of hydrogen-bond acceptors (Lipinski definition) is 3. The standard InChI is InChI=1S/C14H22BrN3O/c1-10(2)18(11(3)4)8-7-17-14(19)12-5-6-16-13(15)9-12/h5-6,9-11H,7-8H2,1-4H3,(H,17,19). The predicted molar refractivity (Wildman–Crippen MR) is 81.2 cm³/mol. The van der Waals surface area contributed by atoms with Crippen LogP contribution in [-0.4, -0.2) is 41.0 Å². The molecule has 0 fully saturated rings. The summed E-state index contributed by atoms with van der Waals surface area (Å²) in [6.07, 6.45) is 1.62. The molecule has 1 heterocycles. The van der Waals surface area contributed by atoms with E-state index in [-0.39, 0.29) is 5.91 Å². The van der Waals surface area contributed by atoms with Gasteiger partial charge in [0.2, 0.25) is 0 Å². The van der Waals surface area contributed by atoms with Crippen molar-refractivity contribution in [2.75, 3.05) is 13.1 Å². The van der Waals surface area contributed by atoms with Crippen LogP contribution in [0.4, 0.5) is 0 Å². The van der Waals surface area contributed by atoms with Crippen LogP contribution in [0.25, 0.3) is 0 Å². The van der Waals surface area contributed by atoms with Crippen LogP contribution in [-0.2, 0) is 0 Å². The molecular formula is C14H22BrN3O. The largest absolute Gasteiger partial charge is 0.351 e. The second-order valence-corrected chi connectivity index (χ2v) is 5.86. The molecule has 1 N–H and O–H groups in total. The summed E-state index contributed by atoms with van der Waals surface area (Å²) in [5.74, 6) is -0.0597. The van der Waals surface area contributed by atoms with Crippen molar-refractivity contribution in [2.24, 2.45) is 0 Å². The number of amides is 1. The molecule has 4 nitrogen and oxygen atoms in total. The van der Waals surface area contributed by atoms with Crippen molar-refractivity contribution in [1.29, 1.82) is 0 Å². The van der Waals surface area contributed by atoms with Crippen LogP contribution in [0.1, 0.15) is 38.1 Å². The Morgan fingerprint density at radius 3 is 2.53 bits per heavy atom. The minimum absolute atomic E-state index is 0.0597. The Morgan fingerprint density at radius 2 is 2.00 bits per heavy atom. The summed E-state index contributed by atoms with van der Waals surface area (Å²) in [6.45, 7) is 10.2. The van der Waals surface area contributed by atoms with Crippen molar-refractivity contribution >= 4 is 21.8 Å². The van der Waals surface area contributed by atoms with Crippen molar-refractivity contribution in [1.82, 2.24) is 15.2 Å². The first-order chi connectivity index (χ1) is 8.91. The number of rotatable bonds is 6. The zero-order valence-electron chi connectivity index (χ0n) is 12.0. The summed E-state index contributed by atoms with van der Waals surface area (Å²) >= 11 is 3.26. The summed E-state index contributed by atoms with van der Waals surface area (Å²) in [5, 5.41) is 2.94. The van der Waals surface area contributed by atoms with Crippen molar-refractivity contribution in [3.8, 4) is 0 Å². The van der Waals surface area contributed by atoms with Crippen LogP contribution in [0.5, 0.6) is 0 Å². The average molecular weight is 328 g/mol. The van der Waals surface area contributed by atoms with Crippen molar-refractivity contribution in [2.45, 2.75) is 39.8 Å². The predicted octanol–water partition coefficient (Wildman–Crippen LogP) is 2.69. The Hall–Kier alpha value is -0.940. The monoisotopic (exact) mass is 327 g/mol. The van der Waals surface area contributed by atoms with E-state index in [1.807, 2.05) is 0 Å². The van der Waals surface area contributed by atoms with E-state index in [0.29, 0.717) is 28.8 Å². The third-order valence-corrected chi connectivity index (χ3v) is 3.40. The van der Waals surface area contributed by atoms with Gasteiger partial charge in [0.25, 0.3) is 5.91 Å². The number of carbonyl (C=O) groups excluding carboxylic acids is 1. The van der Waals surface area contributed by atoms with Crippen LogP contribution < -0.4 is 5.32 Å². The maximum atomic E-state index is 11.9. The van der Waals surface area contributed by atoms with Gasteiger partial charge in [0.1, 0.15) is 4.60 Å². The molecule has 19 heavy (non-hydrogen) atoms. The Morgan fingerprint density at radius 1 is 1.37 bits per heavy atom. The van der Waals surface area contributed by atoms with E-state index in [0.717, 1.165) is 6.54 Å². The quantitative estimate of drug-likeness (QED) is 0.817. The molecule has 106 valence electrons. The lowest BCUT2D eigenvalue weighted by molar-refractivity contribution is 0.0939. The maximum Gasteiger partial charge on any atom is 0.251 e. The number of hydrogen-bond donors (Lipinski definition) is 1. The smallest absolute Gasteiger partial charge is 0.251 e. The lowest BCUT2D eigenvalue weighted by atomic mass is 10.2. The first kappa shape index (κ1) is 16.1. The van der Waals surface area contributed by atoms with Gasteiger partial charge in [-0.05, 0) is 55.8 Å². The fourth-order valence-corrected chi connectivity index (χ4v) is 2.42. The molecule has 1 rings (SSSR count). The minimum atomic E-state index is -0.0597. The fraction of sp³-hybridized carbons (Fsp3) is 0.571. The van der Waals surface area contributed by atoms with Crippen LogP contribution in [0.3, 0.4) is 0 Å². The number of carbonyl (C=O) groups is 1. The molecule has 0 aliphatic carbocycles. The maximum absolute atomic E-state index is 11.9. The van der Waals surface area contributed by atoms with Gasteiger partial charge in [0.05, 0.1) is 0 Å². The highest BCUT2D eigenvalue weighted by molar-refractivity contribution is 9.10. The van der Waals surface area contributed by atoms with Gasteiger partial charge in [0.15, 0.2) is 0 Å². The van der Waals surface area contributed by atoms with Gasteiger partial charge < -0.3 is 5.32 Å². The van der Waals surface area contributed by atoms with Crippen LogP contribution >= 0.6 is 15.9 Å². The highest BCUT2D eigenvalue weighted by Gasteiger charge is 2.13. The molecule has 0 radical (unpaired) electrons. The van der Waals surface area contributed by atoms with Gasteiger partial charge in [-0.3, -0.25) is 9.69 Å². The van der Waals surface area contributed by atoms with Gasteiger partial charge in [-0.1, -0.05) is 0 Å². The molecule has 0 atom stereocenters. The molecule has 1 amide bonds. The second-order valence-electron chi connectivity index (χ2n) is 5.05. The first-order valence-electron chi connectivity index (χ1n) is 6.57. The highest BCUT2D eigenvalue weighted by atomic mass is 79.9. The molecular weight excluding hydrogens is 306 g/mol. The summed E-state index contributed by atoms with van der Waals surface area (Å²) in [4.78, 5) is 18.3. The van der Waals surface area contributed by atoms with E-state index in [1.165, 1.54) is 0 Å². The first-order valence-corrected chi connectivity index (χ1v) is 7.36. The molecule has 0 aliphatic heterocycles. The van der Waals surface area contributed by atoms with E-state index < -0.39 is 0 Å². The summed E-state index contributed by atoms with van der Waals surface area (Å²) in [5.41, 5.74) is 0.627. The van der Waals surface area contributed by atoms with E-state index in [4.69, 9.17) is 0 Å². The zero-order valence-corrected chi connectivity index (χ0v) is 13.6. The van der Waals surface area contributed by atoms with Crippen molar-refractivity contribution in [3.63, 3.8) is 0 Å². The second kappa shape index (κ2) is 7.60.